The molecule has 0 aliphatic carbocycles. The molecule has 0 radical (unpaired) electrons. The Morgan fingerprint density at radius 1 is 0.889 bits per heavy atom. The number of rotatable bonds is 4. The van der Waals surface area contributed by atoms with Gasteiger partial charge in [0.1, 0.15) is 5.82 Å². The molecule has 3 aromatic rings. The van der Waals surface area contributed by atoms with E-state index in [1.165, 1.54) is 17.1 Å². The monoisotopic (exact) mass is 378 g/mol. The quantitative estimate of drug-likeness (QED) is 0.600. The van der Waals surface area contributed by atoms with Gasteiger partial charge in [0.25, 0.3) is 5.91 Å². The van der Waals surface area contributed by atoms with E-state index in [0.717, 1.165) is 5.56 Å². The molecule has 0 saturated carbocycles. The van der Waals surface area contributed by atoms with Gasteiger partial charge in [0.05, 0.1) is 11.4 Å². The van der Waals surface area contributed by atoms with E-state index in [1.54, 1.807) is 24.3 Å². The number of carbonyl (C=O) groups excluding carboxylic acids is 1. The van der Waals surface area contributed by atoms with E-state index < -0.39 is 4.87 Å². The average molecular weight is 379 g/mol. The maximum Gasteiger partial charge on any atom is 0.275 e. The molecule has 0 saturated heterocycles. The zero-order chi connectivity index (χ0) is 18.9. The van der Waals surface area contributed by atoms with Crippen molar-refractivity contribution in [3.05, 3.63) is 102 Å². The number of benzene rings is 3. The largest absolute Gasteiger partial charge is 0.275 e. The maximum atomic E-state index is 13.4. The van der Waals surface area contributed by atoms with Crippen molar-refractivity contribution in [3.8, 4) is 0 Å². The van der Waals surface area contributed by atoms with E-state index in [9.17, 15) is 9.18 Å². The van der Waals surface area contributed by atoms with Crippen LogP contribution in [0.15, 0.2) is 90.0 Å². The summed E-state index contributed by atoms with van der Waals surface area (Å²) in [5, 5.41) is 5.86. The second-order valence-corrected chi connectivity index (χ2v) is 7.02. The van der Waals surface area contributed by atoms with Gasteiger partial charge in [-0.15, -0.1) is 11.6 Å². The Balaban J connectivity index is 1.81. The number of alkyl halides is 1. The Morgan fingerprint density at radius 2 is 1.48 bits per heavy atom. The van der Waals surface area contributed by atoms with E-state index in [4.69, 9.17) is 11.6 Å². The molecule has 0 N–H and O–H groups in total. The highest BCUT2D eigenvalue weighted by Gasteiger charge is 2.50. The van der Waals surface area contributed by atoms with Crippen molar-refractivity contribution in [2.24, 2.45) is 5.10 Å². The highest BCUT2D eigenvalue weighted by atomic mass is 35.5. The van der Waals surface area contributed by atoms with Crippen LogP contribution in [0.25, 0.3) is 0 Å². The number of hydrazone groups is 1. The Morgan fingerprint density at radius 3 is 2.11 bits per heavy atom. The molecule has 5 heteroatoms. The SMILES string of the molecule is O=C1N(c2ccccc2)N=C(c2ccc(F)cc2)[C@]1(Cl)Cc1ccccc1. The molecule has 3 nitrogen and oxygen atoms in total. The van der Waals surface area contributed by atoms with Gasteiger partial charge in [-0.1, -0.05) is 60.7 Å². The van der Waals surface area contributed by atoms with E-state index in [0.29, 0.717) is 17.0 Å². The highest BCUT2D eigenvalue weighted by Crippen LogP contribution is 2.36. The fourth-order valence-corrected chi connectivity index (χ4v) is 3.55. The van der Waals surface area contributed by atoms with Crippen molar-refractivity contribution in [1.82, 2.24) is 0 Å². The first kappa shape index (κ1) is 17.4. The number of nitrogens with zero attached hydrogens (tertiary/aromatic N) is 2. The third-order valence-electron chi connectivity index (χ3n) is 4.52. The third-order valence-corrected chi connectivity index (χ3v) is 4.99. The number of anilines is 1. The molecular weight excluding hydrogens is 363 g/mol. The third kappa shape index (κ3) is 3.24. The molecule has 1 amide bonds. The van der Waals surface area contributed by atoms with E-state index in [-0.39, 0.29) is 18.1 Å². The van der Waals surface area contributed by atoms with E-state index in [1.807, 2.05) is 48.5 Å². The van der Waals surface area contributed by atoms with E-state index in [2.05, 4.69) is 5.10 Å². The summed E-state index contributed by atoms with van der Waals surface area (Å²) < 4.78 is 13.4. The minimum Gasteiger partial charge on any atom is -0.270 e. The summed E-state index contributed by atoms with van der Waals surface area (Å²) >= 11 is 6.92. The standard InChI is InChI=1S/C22H16ClFN2O/c23-22(15-16-7-3-1-4-8-16)20(17-11-13-18(24)14-12-17)25-26(21(22)27)19-9-5-2-6-10-19/h1-14H,15H2/t22-/m1/s1. The first-order valence-electron chi connectivity index (χ1n) is 8.55. The number of amides is 1. The van der Waals surface area contributed by atoms with Crippen molar-refractivity contribution >= 4 is 28.9 Å². The van der Waals surface area contributed by atoms with Gasteiger partial charge in [0.15, 0.2) is 4.87 Å². The van der Waals surface area contributed by atoms with Crippen LogP contribution in [-0.4, -0.2) is 16.5 Å². The number of hydrogen-bond donors (Lipinski definition) is 0. The van der Waals surface area contributed by atoms with Crippen LogP contribution in [0.2, 0.25) is 0 Å². The minimum absolute atomic E-state index is 0.285. The van der Waals surface area contributed by atoms with Crippen molar-refractivity contribution in [3.63, 3.8) is 0 Å². The zero-order valence-corrected chi connectivity index (χ0v) is 15.1. The van der Waals surface area contributed by atoms with Gasteiger partial charge in [-0.25, -0.2) is 4.39 Å². The Bertz CT molecular complexity index is 990. The van der Waals surface area contributed by atoms with Gasteiger partial charge in [-0.05, 0) is 29.8 Å². The summed E-state index contributed by atoms with van der Waals surface area (Å²) in [6.45, 7) is 0. The molecule has 134 valence electrons. The van der Waals surface area contributed by atoms with Gasteiger partial charge in [0.2, 0.25) is 0 Å². The predicted molar refractivity (Wildman–Crippen MR) is 106 cm³/mol. The summed E-state index contributed by atoms with van der Waals surface area (Å²) in [7, 11) is 0. The van der Waals surface area contributed by atoms with Crippen LogP contribution >= 0.6 is 11.6 Å². The van der Waals surface area contributed by atoms with Crippen LogP contribution in [0, 0.1) is 5.82 Å². The smallest absolute Gasteiger partial charge is 0.270 e. The van der Waals surface area contributed by atoms with Gasteiger partial charge >= 0.3 is 0 Å². The van der Waals surface area contributed by atoms with E-state index >= 15 is 0 Å². The van der Waals surface area contributed by atoms with Gasteiger partial charge < -0.3 is 0 Å². The predicted octanol–water partition coefficient (Wildman–Crippen LogP) is 4.80. The van der Waals surface area contributed by atoms with Crippen LogP contribution in [0.4, 0.5) is 10.1 Å². The van der Waals surface area contributed by atoms with Crippen molar-refractivity contribution in [2.75, 3.05) is 5.01 Å². The molecule has 4 rings (SSSR count). The summed E-state index contributed by atoms with van der Waals surface area (Å²) in [5.74, 6) is -0.676. The Kier molecular flexibility index (Phi) is 4.50. The molecular formula is C22H16ClFN2O. The molecule has 3 aromatic carbocycles. The second-order valence-electron chi connectivity index (χ2n) is 6.37. The molecule has 0 spiro atoms. The lowest BCUT2D eigenvalue weighted by molar-refractivity contribution is -0.118. The molecule has 1 heterocycles. The van der Waals surface area contributed by atoms with Gasteiger partial charge in [-0.2, -0.15) is 10.1 Å². The molecule has 0 fully saturated rings. The second kappa shape index (κ2) is 6.97. The first-order chi connectivity index (χ1) is 13.1. The summed E-state index contributed by atoms with van der Waals surface area (Å²) in [6.07, 6.45) is 0.285. The van der Waals surface area contributed by atoms with Crippen LogP contribution in [-0.2, 0) is 11.2 Å². The zero-order valence-electron chi connectivity index (χ0n) is 14.3. The topological polar surface area (TPSA) is 32.7 Å². The number of carbonyl (C=O) groups is 1. The molecule has 0 bridgehead atoms. The maximum absolute atomic E-state index is 13.4. The summed E-state index contributed by atoms with van der Waals surface area (Å²) in [5.41, 5.74) is 2.60. The lowest BCUT2D eigenvalue weighted by Crippen LogP contribution is -2.43. The fourth-order valence-electron chi connectivity index (χ4n) is 3.17. The highest BCUT2D eigenvalue weighted by molar-refractivity contribution is 6.53. The fraction of sp³-hybridized carbons (Fsp3) is 0.0909. The van der Waals surface area contributed by atoms with Crippen LogP contribution in [0.3, 0.4) is 0 Å². The van der Waals surface area contributed by atoms with Crippen LogP contribution in [0.1, 0.15) is 11.1 Å². The lowest BCUT2D eigenvalue weighted by Gasteiger charge is -2.22. The lowest BCUT2D eigenvalue weighted by atomic mass is 9.89. The summed E-state index contributed by atoms with van der Waals surface area (Å²) in [4.78, 5) is 11.9. The molecule has 1 aliphatic heterocycles. The van der Waals surface area contributed by atoms with Crippen LogP contribution in [0.5, 0.6) is 0 Å². The normalized spacial score (nSPS) is 19.3. The van der Waals surface area contributed by atoms with Crippen molar-refractivity contribution < 1.29 is 9.18 Å². The Labute approximate surface area is 161 Å². The van der Waals surface area contributed by atoms with Crippen molar-refractivity contribution in [2.45, 2.75) is 11.3 Å². The van der Waals surface area contributed by atoms with Gasteiger partial charge in [-0.3, -0.25) is 4.79 Å². The number of halogens is 2. The molecule has 27 heavy (non-hydrogen) atoms. The average Bonchev–Trinajstić information content (AvgIpc) is 2.95. The number of hydrogen-bond acceptors (Lipinski definition) is 2. The number of para-hydroxylation sites is 1. The minimum atomic E-state index is -1.37. The molecule has 1 aliphatic rings. The first-order valence-corrected chi connectivity index (χ1v) is 8.93. The van der Waals surface area contributed by atoms with Gasteiger partial charge in [0, 0.05) is 12.0 Å². The van der Waals surface area contributed by atoms with Crippen molar-refractivity contribution in [1.29, 1.82) is 0 Å². The molecule has 0 unspecified atom stereocenters. The van der Waals surface area contributed by atoms with Crippen LogP contribution < -0.4 is 5.01 Å². The Hall–Kier alpha value is -2.98. The summed E-state index contributed by atoms with van der Waals surface area (Å²) in [6, 6.07) is 24.6. The molecule has 1 atom stereocenters. The molecule has 0 aromatic heterocycles.